The Kier molecular flexibility index (Phi) is 4.89. The number of hydrogen-bond acceptors (Lipinski definition) is 3. The van der Waals surface area contributed by atoms with Crippen LogP contribution in [0.2, 0.25) is 0 Å². The summed E-state index contributed by atoms with van der Waals surface area (Å²) in [5.74, 6) is -0.0497. The van der Waals surface area contributed by atoms with Crippen molar-refractivity contribution in [1.82, 2.24) is 15.3 Å². The lowest BCUT2D eigenvalue weighted by atomic mass is 9.99. The second kappa shape index (κ2) is 7.26. The summed E-state index contributed by atoms with van der Waals surface area (Å²) in [4.78, 5) is 21.1. The van der Waals surface area contributed by atoms with Gasteiger partial charge in [-0.2, -0.15) is 0 Å². The minimum atomic E-state index is -0.0497. The molecule has 0 atom stereocenters. The number of carbonyl (C=O) groups is 1. The maximum Gasteiger partial charge on any atom is 0.252 e. The molecule has 2 heterocycles. The van der Waals surface area contributed by atoms with E-state index in [0.29, 0.717) is 6.54 Å². The van der Waals surface area contributed by atoms with Gasteiger partial charge in [-0.05, 0) is 55.7 Å². The zero-order chi connectivity index (χ0) is 17.8. The lowest BCUT2D eigenvalue weighted by Crippen LogP contribution is -2.24. The van der Waals surface area contributed by atoms with Crippen LogP contribution in [0.3, 0.4) is 0 Å². The van der Waals surface area contributed by atoms with Gasteiger partial charge in [0.15, 0.2) is 0 Å². The van der Waals surface area contributed by atoms with Gasteiger partial charge in [0.05, 0.1) is 5.69 Å². The Bertz CT molecular complexity index is 864. The number of hydrogen-bond donors (Lipinski definition) is 1. The number of carbonyl (C=O) groups excluding carboxylic acids is 1. The van der Waals surface area contributed by atoms with Crippen molar-refractivity contribution in [2.24, 2.45) is 0 Å². The highest BCUT2D eigenvalue weighted by Crippen LogP contribution is 2.17. The molecule has 1 amide bonds. The minimum Gasteiger partial charge on any atom is -0.348 e. The number of aryl methyl sites for hydroxylation is 3. The average molecular weight is 331 g/mol. The number of nitrogens with zero attached hydrogens (tertiary/aromatic N) is 2. The van der Waals surface area contributed by atoms with Crippen molar-refractivity contribution < 1.29 is 4.79 Å². The average Bonchev–Trinajstić information content (AvgIpc) is 2.60. The van der Waals surface area contributed by atoms with Gasteiger partial charge in [-0.1, -0.05) is 23.8 Å². The first-order valence-electron chi connectivity index (χ1n) is 8.26. The van der Waals surface area contributed by atoms with Gasteiger partial charge in [0, 0.05) is 36.3 Å². The SMILES string of the molecule is Cc1cc(C)c(C(=O)NCc2ccc(-c3cccnc3)nc2)c(C)c1. The van der Waals surface area contributed by atoms with E-state index < -0.39 is 0 Å². The normalized spacial score (nSPS) is 10.5. The molecule has 3 aromatic rings. The topological polar surface area (TPSA) is 54.9 Å². The molecule has 126 valence electrons. The third kappa shape index (κ3) is 3.91. The Morgan fingerprint density at radius 3 is 2.40 bits per heavy atom. The maximum atomic E-state index is 12.5. The second-order valence-electron chi connectivity index (χ2n) is 6.25. The van der Waals surface area contributed by atoms with Crippen molar-refractivity contribution in [2.75, 3.05) is 0 Å². The van der Waals surface area contributed by atoms with E-state index in [9.17, 15) is 4.79 Å². The molecule has 4 nitrogen and oxygen atoms in total. The van der Waals surface area contributed by atoms with Crippen molar-refractivity contribution >= 4 is 5.91 Å². The number of aromatic nitrogens is 2. The van der Waals surface area contributed by atoms with Crippen LogP contribution in [0.1, 0.15) is 32.6 Å². The van der Waals surface area contributed by atoms with Gasteiger partial charge >= 0.3 is 0 Å². The fourth-order valence-corrected chi connectivity index (χ4v) is 3.02. The summed E-state index contributed by atoms with van der Waals surface area (Å²) < 4.78 is 0. The van der Waals surface area contributed by atoms with Crippen LogP contribution in [0, 0.1) is 20.8 Å². The van der Waals surface area contributed by atoms with E-state index in [2.05, 4.69) is 15.3 Å². The summed E-state index contributed by atoms with van der Waals surface area (Å²) in [5, 5.41) is 2.98. The molecule has 3 rings (SSSR count). The number of pyridine rings is 2. The molecule has 0 spiro atoms. The second-order valence-corrected chi connectivity index (χ2v) is 6.25. The standard InChI is InChI=1S/C21H21N3O/c1-14-9-15(2)20(16(3)10-14)21(25)24-12-17-6-7-19(23-11-17)18-5-4-8-22-13-18/h4-11,13H,12H2,1-3H3,(H,24,25). The van der Waals surface area contributed by atoms with Crippen LogP contribution in [0.5, 0.6) is 0 Å². The third-order valence-corrected chi connectivity index (χ3v) is 4.14. The number of nitrogens with one attached hydrogen (secondary N) is 1. The van der Waals surface area contributed by atoms with Gasteiger partial charge in [0.25, 0.3) is 5.91 Å². The fraction of sp³-hybridized carbons (Fsp3) is 0.190. The maximum absolute atomic E-state index is 12.5. The quantitative estimate of drug-likeness (QED) is 0.786. The lowest BCUT2D eigenvalue weighted by molar-refractivity contribution is 0.0949. The van der Waals surface area contributed by atoms with E-state index in [-0.39, 0.29) is 5.91 Å². The molecule has 0 aliphatic heterocycles. The van der Waals surface area contributed by atoms with Crippen LogP contribution >= 0.6 is 0 Å². The van der Waals surface area contributed by atoms with E-state index in [4.69, 9.17) is 0 Å². The monoisotopic (exact) mass is 331 g/mol. The van der Waals surface area contributed by atoms with Crippen LogP contribution < -0.4 is 5.32 Å². The molecule has 2 aromatic heterocycles. The van der Waals surface area contributed by atoms with Crippen molar-refractivity contribution in [3.05, 3.63) is 82.8 Å². The third-order valence-electron chi connectivity index (χ3n) is 4.14. The summed E-state index contributed by atoms with van der Waals surface area (Å²) >= 11 is 0. The Labute approximate surface area is 148 Å². The predicted molar refractivity (Wildman–Crippen MR) is 99.3 cm³/mol. The van der Waals surface area contributed by atoms with Gasteiger partial charge in [-0.3, -0.25) is 14.8 Å². The van der Waals surface area contributed by atoms with Crippen molar-refractivity contribution in [3.63, 3.8) is 0 Å². The molecule has 0 unspecified atom stereocenters. The molecular weight excluding hydrogens is 310 g/mol. The molecule has 4 heteroatoms. The predicted octanol–water partition coefficient (Wildman–Crippen LogP) is 4.00. The molecule has 0 aliphatic rings. The highest BCUT2D eigenvalue weighted by atomic mass is 16.1. The van der Waals surface area contributed by atoms with Crippen LogP contribution in [-0.2, 0) is 6.54 Å². The number of benzene rings is 1. The van der Waals surface area contributed by atoms with Gasteiger partial charge in [-0.25, -0.2) is 0 Å². The minimum absolute atomic E-state index is 0.0497. The van der Waals surface area contributed by atoms with E-state index in [1.807, 2.05) is 57.2 Å². The molecule has 0 fully saturated rings. The van der Waals surface area contributed by atoms with E-state index in [1.54, 1.807) is 18.6 Å². The van der Waals surface area contributed by atoms with Crippen LogP contribution in [0.25, 0.3) is 11.3 Å². The van der Waals surface area contributed by atoms with E-state index in [1.165, 1.54) is 5.56 Å². The smallest absolute Gasteiger partial charge is 0.252 e. The highest BCUT2D eigenvalue weighted by molar-refractivity contribution is 5.97. The molecule has 25 heavy (non-hydrogen) atoms. The zero-order valence-electron chi connectivity index (χ0n) is 14.7. The summed E-state index contributed by atoms with van der Waals surface area (Å²) in [5.41, 5.74) is 6.73. The van der Waals surface area contributed by atoms with Gasteiger partial charge in [-0.15, -0.1) is 0 Å². The molecule has 1 N–H and O–H groups in total. The Morgan fingerprint density at radius 1 is 1.04 bits per heavy atom. The fourth-order valence-electron chi connectivity index (χ4n) is 3.02. The zero-order valence-corrected chi connectivity index (χ0v) is 14.7. The lowest BCUT2D eigenvalue weighted by Gasteiger charge is -2.12. The van der Waals surface area contributed by atoms with Crippen molar-refractivity contribution in [3.8, 4) is 11.3 Å². The first kappa shape index (κ1) is 16.8. The van der Waals surface area contributed by atoms with Crippen molar-refractivity contribution in [2.45, 2.75) is 27.3 Å². The van der Waals surface area contributed by atoms with Gasteiger partial charge in [0.2, 0.25) is 0 Å². The molecule has 0 radical (unpaired) electrons. The number of amides is 1. The summed E-state index contributed by atoms with van der Waals surface area (Å²) in [7, 11) is 0. The Morgan fingerprint density at radius 2 is 1.80 bits per heavy atom. The molecule has 0 aliphatic carbocycles. The number of rotatable bonds is 4. The summed E-state index contributed by atoms with van der Waals surface area (Å²) in [6.07, 6.45) is 5.31. The summed E-state index contributed by atoms with van der Waals surface area (Å²) in [6, 6.07) is 11.8. The summed E-state index contributed by atoms with van der Waals surface area (Å²) in [6.45, 7) is 6.43. The molecule has 1 aromatic carbocycles. The first-order valence-corrected chi connectivity index (χ1v) is 8.26. The molecule has 0 saturated heterocycles. The van der Waals surface area contributed by atoms with Crippen LogP contribution in [-0.4, -0.2) is 15.9 Å². The Balaban J connectivity index is 1.69. The van der Waals surface area contributed by atoms with Gasteiger partial charge < -0.3 is 5.32 Å². The molecular formula is C21H21N3O. The van der Waals surface area contributed by atoms with E-state index in [0.717, 1.165) is 33.5 Å². The van der Waals surface area contributed by atoms with Crippen LogP contribution in [0.15, 0.2) is 55.0 Å². The van der Waals surface area contributed by atoms with Gasteiger partial charge in [0.1, 0.15) is 0 Å². The highest BCUT2D eigenvalue weighted by Gasteiger charge is 2.12. The van der Waals surface area contributed by atoms with Crippen LogP contribution in [0.4, 0.5) is 0 Å². The first-order chi connectivity index (χ1) is 12.0. The Hall–Kier alpha value is -3.01. The van der Waals surface area contributed by atoms with Crippen molar-refractivity contribution in [1.29, 1.82) is 0 Å². The molecule has 0 bridgehead atoms. The molecule has 0 saturated carbocycles. The largest absolute Gasteiger partial charge is 0.348 e. The van der Waals surface area contributed by atoms with E-state index >= 15 is 0 Å².